The zero-order valence-electron chi connectivity index (χ0n) is 13.9. The van der Waals surface area contributed by atoms with Crippen LogP contribution in [-0.2, 0) is 17.4 Å². The maximum atomic E-state index is 12.7. The molecule has 1 aliphatic heterocycles. The normalized spacial score (nSPS) is 13.3. The fourth-order valence-corrected chi connectivity index (χ4v) is 2.84. The number of hydrogen-bond donors (Lipinski definition) is 2. The molecule has 0 aliphatic carbocycles. The van der Waals surface area contributed by atoms with E-state index in [-0.39, 0.29) is 11.6 Å². The first kappa shape index (κ1) is 17.8. The molecule has 3 rings (SSSR count). The molecule has 0 aromatic heterocycles. The largest absolute Gasteiger partial charge is 0.416 e. The van der Waals surface area contributed by atoms with Crippen molar-refractivity contribution in [2.45, 2.75) is 19.5 Å². The minimum Gasteiger partial charge on any atom is -0.312 e. The van der Waals surface area contributed by atoms with Crippen LogP contribution >= 0.6 is 0 Å². The molecule has 0 bridgehead atoms. The Hall–Kier alpha value is -3.03. The lowest BCUT2D eigenvalue weighted by atomic mass is 10.1. The molecular weight excluding hydrogens is 347 g/mol. The van der Waals surface area contributed by atoms with E-state index in [1.807, 2.05) is 0 Å². The molecule has 8 heteroatoms. The maximum absolute atomic E-state index is 12.7. The summed E-state index contributed by atoms with van der Waals surface area (Å²) in [6.07, 6.45) is -3.80. The van der Waals surface area contributed by atoms with Crippen molar-refractivity contribution >= 4 is 23.2 Å². The first-order chi connectivity index (χ1) is 12.3. The van der Waals surface area contributed by atoms with Crippen LogP contribution in [0.5, 0.6) is 0 Å². The number of amides is 2. The van der Waals surface area contributed by atoms with Crippen molar-refractivity contribution < 1.29 is 22.8 Å². The number of carbonyl (C=O) groups is 2. The summed E-state index contributed by atoms with van der Waals surface area (Å²) in [6, 6.07) is 9.49. The number of anilines is 2. The van der Waals surface area contributed by atoms with Gasteiger partial charge in [-0.15, -0.1) is 0 Å². The Labute approximate surface area is 147 Å². The Balaban J connectivity index is 1.69. The van der Waals surface area contributed by atoms with Gasteiger partial charge in [0.25, 0.3) is 5.91 Å². The third-order valence-electron chi connectivity index (χ3n) is 4.13. The molecule has 2 amide bonds. The molecule has 136 valence electrons. The van der Waals surface area contributed by atoms with Crippen molar-refractivity contribution in [1.82, 2.24) is 5.43 Å². The molecule has 0 fully saturated rings. The quantitative estimate of drug-likeness (QED) is 0.822. The van der Waals surface area contributed by atoms with E-state index in [1.165, 1.54) is 19.1 Å². The summed E-state index contributed by atoms with van der Waals surface area (Å²) >= 11 is 0. The van der Waals surface area contributed by atoms with Crippen molar-refractivity contribution in [1.29, 1.82) is 0 Å². The second-order valence-electron chi connectivity index (χ2n) is 5.92. The summed E-state index contributed by atoms with van der Waals surface area (Å²) < 4.78 is 38.1. The molecule has 0 radical (unpaired) electrons. The van der Waals surface area contributed by atoms with Crippen molar-refractivity contribution in [3.63, 3.8) is 0 Å². The van der Waals surface area contributed by atoms with E-state index in [9.17, 15) is 22.8 Å². The third kappa shape index (κ3) is 3.63. The van der Waals surface area contributed by atoms with Gasteiger partial charge in [0.2, 0.25) is 5.91 Å². The summed E-state index contributed by atoms with van der Waals surface area (Å²) in [6.45, 7) is 2.05. The molecule has 2 N–H and O–H groups in total. The molecule has 0 saturated heterocycles. The van der Waals surface area contributed by atoms with Gasteiger partial charge < -0.3 is 4.90 Å². The van der Waals surface area contributed by atoms with Gasteiger partial charge >= 0.3 is 6.18 Å². The summed E-state index contributed by atoms with van der Waals surface area (Å²) in [4.78, 5) is 25.4. The van der Waals surface area contributed by atoms with Crippen LogP contribution in [0.15, 0.2) is 42.5 Å². The van der Waals surface area contributed by atoms with Crippen LogP contribution in [-0.4, -0.2) is 18.4 Å². The number of nitrogens with one attached hydrogen (secondary N) is 2. The van der Waals surface area contributed by atoms with E-state index >= 15 is 0 Å². The van der Waals surface area contributed by atoms with E-state index in [4.69, 9.17) is 0 Å². The van der Waals surface area contributed by atoms with Gasteiger partial charge in [-0.05, 0) is 48.4 Å². The molecule has 2 aromatic rings. The second kappa shape index (κ2) is 6.70. The van der Waals surface area contributed by atoms with E-state index in [2.05, 4.69) is 10.9 Å². The number of nitrogens with zero attached hydrogens (tertiary/aromatic N) is 1. The maximum Gasteiger partial charge on any atom is 0.416 e. The minimum atomic E-state index is -4.45. The lowest BCUT2D eigenvalue weighted by Crippen LogP contribution is -2.29. The molecule has 0 atom stereocenters. The third-order valence-corrected chi connectivity index (χ3v) is 4.13. The number of hydrogen-bond acceptors (Lipinski definition) is 3. The molecule has 5 nitrogen and oxygen atoms in total. The van der Waals surface area contributed by atoms with E-state index < -0.39 is 17.6 Å². The molecule has 1 aliphatic rings. The SMILES string of the molecule is CC(=O)N1CCc2cc(C(=O)NNc3cccc(C(F)(F)F)c3)ccc21. The average Bonchev–Trinajstić information content (AvgIpc) is 3.02. The van der Waals surface area contributed by atoms with E-state index in [0.717, 1.165) is 23.4 Å². The van der Waals surface area contributed by atoms with E-state index in [1.54, 1.807) is 23.1 Å². The van der Waals surface area contributed by atoms with Gasteiger partial charge in [0.1, 0.15) is 0 Å². The standard InChI is InChI=1S/C18H16F3N3O2/c1-11(25)24-8-7-12-9-13(5-6-16(12)24)17(26)23-22-15-4-2-3-14(10-15)18(19,20)21/h2-6,9-10,22H,7-8H2,1H3,(H,23,26). The van der Waals surface area contributed by atoms with Crippen LogP contribution in [0.4, 0.5) is 24.5 Å². The van der Waals surface area contributed by atoms with Crippen LogP contribution in [0.2, 0.25) is 0 Å². The Kier molecular flexibility index (Phi) is 4.58. The lowest BCUT2D eigenvalue weighted by molar-refractivity contribution is -0.137. The Morgan fingerprint density at radius 3 is 2.58 bits per heavy atom. The minimum absolute atomic E-state index is 0.0628. The van der Waals surface area contributed by atoms with Crippen molar-refractivity contribution in [2.75, 3.05) is 16.9 Å². The number of alkyl halides is 3. The monoisotopic (exact) mass is 363 g/mol. The van der Waals surface area contributed by atoms with Gasteiger partial charge in [0.05, 0.1) is 11.3 Å². The highest BCUT2D eigenvalue weighted by molar-refractivity contribution is 5.98. The van der Waals surface area contributed by atoms with Gasteiger partial charge in [0.15, 0.2) is 0 Å². The van der Waals surface area contributed by atoms with Gasteiger partial charge in [-0.3, -0.25) is 20.4 Å². The molecular formula is C18H16F3N3O2. The first-order valence-corrected chi connectivity index (χ1v) is 7.90. The second-order valence-corrected chi connectivity index (χ2v) is 5.92. The van der Waals surface area contributed by atoms with Gasteiger partial charge in [0, 0.05) is 24.7 Å². The Morgan fingerprint density at radius 2 is 1.88 bits per heavy atom. The molecule has 0 spiro atoms. The fourth-order valence-electron chi connectivity index (χ4n) is 2.84. The zero-order valence-corrected chi connectivity index (χ0v) is 13.9. The van der Waals surface area contributed by atoms with Gasteiger partial charge in [-0.1, -0.05) is 6.07 Å². The highest BCUT2D eigenvalue weighted by atomic mass is 19.4. The number of rotatable bonds is 3. The van der Waals surface area contributed by atoms with Gasteiger partial charge in [-0.25, -0.2) is 0 Å². The number of hydrazine groups is 1. The van der Waals surface area contributed by atoms with Crippen molar-refractivity contribution in [2.24, 2.45) is 0 Å². The Bertz CT molecular complexity index is 865. The van der Waals surface area contributed by atoms with E-state index in [0.29, 0.717) is 18.5 Å². The van der Waals surface area contributed by atoms with Crippen LogP contribution in [0.1, 0.15) is 28.4 Å². The predicted octanol–water partition coefficient (Wildman–Crippen LogP) is 3.37. The summed E-state index contributed by atoms with van der Waals surface area (Å²) in [5, 5.41) is 0. The molecule has 1 heterocycles. The highest BCUT2D eigenvalue weighted by Gasteiger charge is 2.30. The summed E-state index contributed by atoms with van der Waals surface area (Å²) in [7, 11) is 0. The van der Waals surface area contributed by atoms with Crippen LogP contribution in [0, 0.1) is 0 Å². The molecule has 26 heavy (non-hydrogen) atoms. The van der Waals surface area contributed by atoms with Crippen LogP contribution in [0.25, 0.3) is 0 Å². The summed E-state index contributed by atoms with van der Waals surface area (Å²) in [5.74, 6) is -0.543. The molecule has 0 unspecified atom stereocenters. The van der Waals surface area contributed by atoms with Crippen molar-refractivity contribution in [3.8, 4) is 0 Å². The molecule has 2 aromatic carbocycles. The number of fused-ring (bicyclic) bond motifs is 1. The zero-order chi connectivity index (χ0) is 18.9. The van der Waals surface area contributed by atoms with Crippen LogP contribution < -0.4 is 15.8 Å². The fraction of sp³-hybridized carbons (Fsp3) is 0.222. The topological polar surface area (TPSA) is 61.4 Å². The first-order valence-electron chi connectivity index (χ1n) is 7.90. The lowest BCUT2D eigenvalue weighted by Gasteiger charge is -2.15. The van der Waals surface area contributed by atoms with Crippen LogP contribution in [0.3, 0.4) is 0 Å². The number of benzene rings is 2. The van der Waals surface area contributed by atoms with Crippen molar-refractivity contribution in [3.05, 3.63) is 59.2 Å². The average molecular weight is 363 g/mol. The number of carbonyl (C=O) groups excluding carboxylic acids is 2. The molecule has 0 saturated carbocycles. The number of halogens is 3. The smallest absolute Gasteiger partial charge is 0.312 e. The summed E-state index contributed by atoms with van der Waals surface area (Å²) in [5.41, 5.74) is 6.20. The Morgan fingerprint density at radius 1 is 1.12 bits per heavy atom. The van der Waals surface area contributed by atoms with Gasteiger partial charge in [-0.2, -0.15) is 13.2 Å². The highest BCUT2D eigenvalue weighted by Crippen LogP contribution is 2.31. The predicted molar refractivity (Wildman–Crippen MR) is 90.7 cm³/mol.